The molecular formula is C15H19N5O4S2. The van der Waals surface area contributed by atoms with Crippen LogP contribution in [0, 0.1) is 19.8 Å². The third-order valence-electron chi connectivity index (χ3n) is 2.95. The zero-order valence-electron chi connectivity index (χ0n) is 14.8. The second-order valence-electron chi connectivity index (χ2n) is 5.79. The first-order valence-corrected chi connectivity index (χ1v) is 9.57. The summed E-state index contributed by atoms with van der Waals surface area (Å²) in [4.78, 5) is 43.6. The maximum Gasteiger partial charge on any atom is 0.362 e. The lowest BCUT2D eigenvalue weighted by Gasteiger charge is -2.05. The van der Waals surface area contributed by atoms with Gasteiger partial charge in [-0.1, -0.05) is 36.9 Å². The first kappa shape index (κ1) is 20.0. The van der Waals surface area contributed by atoms with E-state index < -0.39 is 11.7 Å². The van der Waals surface area contributed by atoms with Crippen LogP contribution in [0.25, 0.3) is 0 Å². The molecule has 0 saturated heterocycles. The number of aromatic nitrogens is 4. The maximum absolute atomic E-state index is 12.1. The fourth-order valence-electron chi connectivity index (χ4n) is 1.75. The van der Waals surface area contributed by atoms with Crippen LogP contribution >= 0.6 is 23.1 Å². The molecule has 0 radical (unpaired) electrons. The lowest BCUT2D eigenvalue weighted by atomic mass is 10.2. The number of thiazole rings is 1. The van der Waals surface area contributed by atoms with E-state index in [1.807, 2.05) is 13.8 Å². The van der Waals surface area contributed by atoms with E-state index in [4.69, 9.17) is 4.74 Å². The zero-order chi connectivity index (χ0) is 19.3. The summed E-state index contributed by atoms with van der Waals surface area (Å²) in [5.41, 5.74) is 0.462. The molecule has 0 bridgehead atoms. The minimum atomic E-state index is -0.571. The van der Waals surface area contributed by atoms with E-state index in [1.54, 1.807) is 13.8 Å². The van der Waals surface area contributed by atoms with Crippen molar-refractivity contribution in [3.63, 3.8) is 0 Å². The van der Waals surface area contributed by atoms with Crippen LogP contribution in [0.15, 0.2) is 9.82 Å². The number of nitrogens with one attached hydrogen (secondary N) is 2. The Morgan fingerprint density at radius 3 is 2.69 bits per heavy atom. The number of H-pyrrole nitrogens is 1. The largest absolute Gasteiger partial charge is 0.461 e. The Hall–Kier alpha value is -2.27. The Balaban J connectivity index is 1.95. The number of ether oxygens (including phenoxy) is 1. The van der Waals surface area contributed by atoms with Gasteiger partial charge in [-0.25, -0.2) is 19.7 Å². The highest BCUT2D eigenvalue weighted by Gasteiger charge is 2.18. The van der Waals surface area contributed by atoms with Gasteiger partial charge in [0.2, 0.25) is 5.91 Å². The summed E-state index contributed by atoms with van der Waals surface area (Å²) in [5, 5.41) is 9.35. The molecule has 2 heterocycles. The van der Waals surface area contributed by atoms with Crippen molar-refractivity contribution < 1.29 is 14.3 Å². The van der Waals surface area contributed by atoms with E-state index in [0.717, 1.165) is 23.1 Å². The average Bonchev–Trinajstić information content (AvgIpc) is 2.93. The number of carbonyl (C=O) groups is 2. The zero-order valence-corrected chi connectivity index (χ0v) is 16.4. The van der Waals surface area contributed by atoms with Crippen LogP contribution in [-0.4, -0.2) is 44.4 Å². The number of esters is 1. The number of carbonyl (C=O) groups excluding carboxylic acids is 2. The standard InChI is InChI=1S/C15H19N5O4S2/c1-7(2)5-24-13(22)11-8(3)16-15(26-11)17-10(21)6-25-12-9(4)19-20-14(23)18-12/h7H,5-6H2,1-4H3,(H,16,17,21)(H,18,20,23). The van der Waals surface area contributed by atoms with Gasteiger partial charge in [-0.3, -0.25) is 4.79 Å². The molecule has 0 fully saturated rings. The van der Waals surface area contributed by atoms with Gasteiger partial charge in [-0.15, -0.1) is 0 Å². The summed E-state index contributed by atoms with van der Waals surface area (Å²) in [7, 11) is 0. The average molecular weight is 397 g/mol. The third kappa shape index (κ3) is 5.63. The van der Waals surface area contributed by atoms with Gasteiger partial charge < -0.3 is 10.1 Å². The number of thioether (sulfide) groups is 1. The van der Waals surface area contributed by atoms with Crippen LogP contribution in [0.3, 0.4) is 0 Å². The van der Waals surface area contributed by atoms with Crippen LogP contribution in [-0.2, 0) is 9.53 Å². The minimum Gasteiger partial charge on any atom is -0.461 e. The third-order valence-corrected chi connectivity index (χ3v) is 5.07. The summed E-state index contributed by atoms with van der Waals surface area (Å²) < 4.78 is 5.19. The van der Waals surface area contributed by atoms with Gasteiger partial charge >= 0.3 is 11.7 Å². The molecule has 1 amide bonds. The van der Waals surface area contributed by atoms with Crippen molar-refractivity contribution in [2.45, 2.75) is 32.7 Å². The fourth-order valence-corrected chi connectivity index (χ4v) is 3.37. The molecule has 0 aliphatic heterocycles. The number of hydrogen-bond donors (Lipinski definition) is 2. The molecule has 9 nitrogen and oxygen atoms in total. The van der Waals surface area contributed by atoms with Crippen molar-refractivity contribution in [3.05, 3.63) is 26.7 Å². The van der Waals surface area contributed by atoms with Crippen LogP contribution in [0.5, 0.6) is 0 Å². The predicted molar refractivity (Wildman–Crippen MR) is 98.7 cm³/mol. The number of aryl methyl sites for hydroxylation is 2. The van der Waals surface area contributed by atoms with Crippen molar-refractivity contribution in [1.29, 1.82) is 0 Å². The van der Waals surface area contributed by atoms with Crippen LogP contribution in [0.2, 0.25) is 0 Å². The normalized spacial score (nSPS) is 10.8. The SMILES string of the molecule is Cc1n[nH]c(=O)nc1SCC(=O)Nc1nc(C)c(C(=O)OCC(C)C)s1. The van der Waals surface area contributed by atoms with Crippen molar-refractivity contribution in [3.8, 4) is 0 Å². The summed E-state index contributed by atoms with van der Waals surface area (Å²) >= 11 is 2.16. The van der Waals surface area contributed by atoms with Gasteiger partial charge in [0.15, 0.2) is 5.13 Å². The topological polar surface area (TPSA) is 127 Å². The molecule has 0 aliphatic rings. The van der Waals surface area contributed by atoms with E-state index in [-0.39, 0.29) is 17.6 Å². The van der Waals surface area contributed by atoms with Crippen LogP contribution < -0.4 is 11.0 Å². The molecule has 2 aromatic heterocycles. The summed E-state index contributed by atoms with van der Waals surface area (Å²) in [6, 6.07) is 0. The number of hydrogen-bond acceptors (Lipinski definition) is 9. The van der Waals surface area contributed by atoms with Gasteiger partial charge in [0.05, 0.1) is 23.7 Å². The van der Waals surface area contributed by atoms with Crippen molar-refractivity contribution in [1.82, 2.24) is 20.2 Å². The monoisotopic (exact) mass is 397 g/mol. The summed E-state index contributed by atoms with van der Waals surface area (Å²) in [6.07, 6.45) is 0. The molecular weight excluding hydrogens is 378 g/mol. The molecule has 11 heteroatoms. The van der Waals surface area contributed by atoms with Gasteiger partial charge in [-0.05, 0) is 19.8 Å². The van der Waals surface area contributed by atoms with Gasteiger partial charge in [-0.2, -0.15) is 10.1 Å². The van der Waals surface area contributed by atoms with E-state index in [2.05, 4.69) is 25.5 Å². The van der Waals surface area contributed by atoms with Crippen molar-refractivity contribution >= 4 is 40.1 Å². The quantitative estimate of drug-likeness (QED) is 0.535. The Labute approximate surface area is 158 Å². The minimum absolute atomic E-state index is 0.0325. The van der Waals surface area contributed by atoms with Crippen molar-refractivity contribution in [2.75, 3.05) is 17.7 Å². The first-order valence-electron chi connectivity index (χ1n) is 7.76. The van der Waals surface area contributed by atoms with E-state index >= 15 is 0 Å². The Kier molecular flexibility index (Phi) is 6.86. The molecule has 0 aromatic carbocycles. The molecule has 140 valence electrons. The fraction of sp³-hybridized carbons (Fsp3) is 0.467. The lowest BCUT2D eigenvalue weighted by molar-refractivity contribution is -0.113. The Morgan fingerprint density at radius 1 is 1.27 bits per heavy atom. The van der Waals surface area contributed by atoms with E-state index in [0.29, 0.717) is 33.0 Å². The van der Waals surface area contributed by atoms with Gasteiger partial charge in [0.25, 0.3) is 0 Å². The van der Waals surface area contributed by atoms with E-state index in [9.17, 15) is 14.4 Å². The number of rotatable bonds is 7. The molecule has 2 N–H and O–H groups in total. The maximum atomic E-state index is 12.1. The smallest absolute Gasteiger partial charge is 0.362 e. The van der Waals surface area contributed by atoms with Crippen molar-refractivity contribution in [2.24, 2.45) is 5.92 Å². The number of nitrogens with zero attached hydrogens (tertiary/aromatic N) is 3. The second kappa shape index (κ2) is 8.90. The molecule has 0 unspecified atom stereocenters. The number of aromatic amines is 1. The molecule has 0 saturated carbocycles. The number of amides is 1. The predicted octanol–water partition coefficient (Wildman–Crippen LogP) is 1.78. The lowest BCUT2D eigenvalue weighted by Crippen LogP contribution is -2.17. The molecule has 0 spiro atoms. The molecule has 2 rings (SSSR count). The van der Waals surface area contributed by atoms with Crippen LogP contribution in [0.4, 0.5) is 5.13 Å². The van der Waals surface area contributed by atoms with Gasteiger partial charge in [0, 0.05) is 0 Å². The van der Waals surface area contributed by atoms with E-state index in [1.165, 1.54) is 0 Å². The summed E-state index contributed by atoms with van der Waals surface area (Å²) in [6.45, 7) is 7.58. The molecule has 0 atom stereocenters. The highest BCUT2D eigenvalue weighted by Crippen LogP contribution is 2.24. The Bertz CT molecular complexity index is 862. The first-order chi connectivity index (χ1) is 12.3. The molecule has 2 aromatic rings. The molecule has 0 aliphatic carbocycles. The Morgan fingerprint density at radius 2 is 2.00 bits per heavy atom. The van der Waals surface area contributed by atoms with Gasteiger partial charge in [0.1, 0.15) is 9.90 Å². The highest BCUT2D eigenvalue weighted by atomic mass is 32.2. The number of anilines is 1. The molecule has 26 heavy (non-hydrogen) atoms. The second-order valence-corrected chi connectivity index (χ2v) is 7.76. The highest BCUT2D eigenvalue weighted by molar-refractivity contribution is 8.00. The summed E-state index contributed by atoms with van der Waals surface area (Å²) in [5.74, 6) is -0.504. The van der Waals surface area contributed by atoms with Crippen LogP contribution in [0.1, 0.15) is 34.9 Å².